The lowest BCUT2D eigenvalue weighted by Crippen LogP contribution is -2.37. The molecule has 0 atom stereocenters. The molecule has 0 aromatic heterocycles. The minimum Gasteiger partial charge on any atom is -0.399 e. The van der Waals surface area contributed by atoms with Gasteiger partial charge in [-0.25, -0.2) is 4.79 Å². The molecular formula is C12H20N4O. The van der Waals surface area contributed by atoms with Gasteiger partial charge in [-0.2, -0.15) is 0 Å². The minimum atomic E-state index is -0.0869. The van der Waals surface area contributed by atoms with Gasteiger partial charge < -0.3 is 21.3 Å². The Bertz CT molecular complexity index is 390. The van der Waals surface area contributed by atoms with Crippen LogP contribution in [0.3, 0.4) is 0 Å². The van der Waals surface area contributed by atoms with E-state index in [0.717, 1.165) is 16.9 Å². The van der Waals surface area contributed by atoms with Crippen LogP contribution >= 0.6 is 0 Å². The molecule has 0 fully saturated rings. The van der Waals surface area contributed by atoms with Crippen LogP contribution in [0, 0.1) is 6.92 Å². The first-order chi connectivity index (χ1) is 8.00. The zero-order valence-electron chi connectivity index (χ0n) is 10.6. The second kappa shape index (κ2) is 5.98. The third-order valence-electron chi connectivity index (χ3n) is 2.38. The Balaban J connectivity index is 2.36. The zero-order valence-corrected chi connectivity index (χ0v) is 10.6. The van der Waals surface area contributed by atoms with Crippen molar-refractivity contribution in [1.82, 2.24) is 10.2 Å². The molecule has 0 saturated heterocycles. The Hall–Kier alpha value is -1.91. The molecule has 0 spiro atoms. The number of nitrogens with two attached hydrogens (primary N) is 1. The van der Waals surface area contributed by atoms with Crippen molar-refractivity contribution in [1.29, 1.82) is 0 Å². The van der Waals surface area contributed by atoms with Gasteiger partial charge in [-0.05, 0) is 24.6 Å². The van der Waals surface area contributed by atoms with Gasteiger partial charge in [0.25, 0.3) is 0 Å². The zero-order chi connectivity index (χ0) is 12.8. The normalized spacial score (nSPS) is 9.82. The summed E-state index contributed by atoms with van der Waals surface area (Å²) < 4.78 is 0. The number of aryl methyl sites for hydroxylation is 1. The van der Waals surface area contributed by atoms with Gasteiger partial charge in [0.15, 0.2) is 0 Å². The fourth-order valence-electron chi connectivity index (χ4n) is 1.35. The number of nitrogens with zero attached hydrogens (tertiary/aromatic N) is 1. The van der Waals surface area contributed by atoms with Crippen molar-refractivity contribution in [2.45, 2.75) is 6.92 Å². The van der Waals surface area contributed by atoms with Crippen molar-refractivity contribution in [2.75, 3.05) is 38.2 Å². The van der Waals surface area contributed by atoms with Gasteiger partial charge in [-0.1, -0.05) is 6.07 Å². The van der Waals surface area contributed by atoms with Crippen molar-refractivity contribution in [3.05, 3.63) is 23.8 Å². The van der Waals surface area contributed by atoms with Crippen molar-refractivity contribution in [3.63, 3.8) is 0 Å². The molecule has 0 saturated carbocycles. The second-order valence-corrected chi connectivity index (χ2v) is 4.13. The average molecular weight is 236 g/mol. The fourth-order valence-corrected chi connectivity index (χ4v) is 1.35. The molecule has 5 heteroatoms. The number of carbonyl (C=O) groups excluding carboxylic acids is 1. The molecule has 1 aromatic carbocycles. The van der Waals surface area contributed by atoms with E-state index in [1.54, 1.807) is 14.1 Å². The summed E-state index contributed by atoms with van der Waals surface area (Å²) in [4.78, 5) is 12.7. The highest BCUT2D eigenvalue weighted by Gasteiger charge is 2.01. The average Bonchev–Trinajstić information content (AvgIpc) is 2.28. The molecule has 1 aromatic rings. The van der Waals surface area contributed by atoms with E-state index in [1.807, 2.05) is 25.1 Å². The number of anilines is 2. The van der Waals surface area contributed by atoms with E-state index >= 15 is 0 Å². The monoisotopic (exact) mass is 236 g/mol. The molecule has 0 heterocycles. The first-order valence-corrected chi connectivity index (χ1v) is 5.56. The van der Waals surface area contributed by atoms with Crippen LogP contribution < -0.4 is 16.4 Å². The van der Waals surface area contributed by atoms with E-state index in [2.05, 4.69) is 10.6 Å². The summed E-state index contributed by atoms with van der Waals surface area (Å²) in [6.45, 7) is 3.26. The van der Waals surface area contributed by atoms with Crippen molar-refractivity contribution in [2.24, 2.45) is 0 Å². The van der Waals surface area contributed by atoms with E-state index in [9.17, 15) is 4.79 Å². The number of nitrogen functional groups attached to an aromatic ring is 1. The number of nitrogens with one attached hydrogen (secondary N) is 2. The topological polar surface area (TPSA) is 70.4 Å². The standard InChI is InChI=1S/C12H20N4O/c1-9-4-5-10(13)8-11(9)14-6-7-15-12(17)16(2)3/h4-5,8,14H,6-7,13H2,1-3H3,(H,15,17). The summed E-state index contributed by atoms with van der Waals surface area (Å²) in [6.07, 6.45) is 0. The van der Waals surface area contributed by atoms with Crippen LogP contribution in [-0.2, 0) is 0 Å². The number of hydrogen-bond donors (Lipinski definition) is 3. The van der Waals surface area contributed by atoms with Gasteiger partial charge in [0.1, 0.15) is 0 Å². The van der Waals surface area contributed by atoms with Gasteiger partial charge in [0.2, 0.25) is 0 Å². The lowest BCUT2D eigenvalue weighted by atomic mass is 10.2. The molecule has 5 nitrogen and oxygen atoms in total. The number of benzene rings is 1. The highest BCUT2D eigenvalue weighted by Crippen LogP contribution is 2.17. The van der Waals surface area contributed by atoms with Gasteiger partial charge in [-0.15, -0.1) is 0 Å². The largest absolute Gasteiger partial charge is 0.399 e. The highest BCUT2D eigenvalue weighted by molar-refractivity contribution is 5.73. The molecule has 4 N–H and O–H groups in total. The van der Waals surface area contributed by atoms with Gasteiger partial charge in [0.05, 0.1) is 0 Å². The number of carbonyl (C=O) groups is 1. The summed E-state index contributed by atoms with van der Waals surface area (Å²) >= 11 is 0. The van der Waals surface area contributed by atoms with E-state index in [1.165, 1.54) is 4.90 Å². The van der Waals surface area contributed by atoms with Crippen molar-refractivity contribution in [3.8, 4) is 0 Å². The van der Waals surface area contributed by atoms with Crippen LogP contribution in [-0.4, -0.2) is 38.1 Å². The van der Waals surface area contributed by atoms with E-state index in [-0.39, 0.29) is 6.03 Å². The van der Waals surface area contributed by atoms with E-state index in [0.29, 0.717) is 13.1 Å². The van der Waals surface area contributed by atoms with E-state index in [4.69, 9.17) is 5.73 Å². The maximum atomic E-state index is 11.2. The second-order valence-electron chi connectivity index (χ2n) is 4.13. The molecule has 0 unspecified atom stereocenters. The van der Waals surface area contributed by atoms with Gasteiger partial charge in [-0.3, -0.25) is 0 Å². The summed E-state index contributed by atoms with van der Waals surface area (Å²) in [5.41, 5.74) is 8.58. The van der Waals surface area contributed by atoms with Crippen molar-refractivity contribution >= 4 is 17.4 Å². The minimum absolute atomic E-state index is 0.0869. The molecule has 17 heavy (non-hydrogen) atoms. The SMILES string of the molecule is Cc1ccc(N)cc1NCCNC(=O)N(C)C. The first-order valence-electron chi connectivity index (χ1n) is 5.56. The quantitative estimate of drug-likeness (QED) is 0.544. The summed E-state index contributed by atoms with van der Waals surface area (Å²) in [6, 6.07) is 5.64. The van der Waals surface area contributed by atoms with Crippen LogP contribution in [0.2, 0.25) is 0 Å². The predicted molar refractivity (Wildman–Crippen MR) is 71.2 cm³/mol. The Morgan fingerprint density at radius 2 is 2.06 bits per heavy atom. The Morgan fingerprint density at radius 3 is 2.71 bits per heavy atom. The van der Waals surface area contributed by atoms with E-state index < -0.39 is 0 Å². The maximum Gasteiger partial charge on any atom is 0.316 e. The molecule has 1 rings (SSSR count). The Morgan fingerprint density at radius 1 is 1.35 bits per heavy atom. The maximum absolute atomic E-state index is 11.2. The van der Waals surface area contributed by atoms with Gasteiger partial charge in [0, 0.05) is 38.6 Å². The lowest BCUT2D eigenvalue weighted by Gasteiger charge is -2.13. The molecule has 0 aliphatic carbocycles. The Kier molecular flexibility index (Phi) is 4.63. The molecular weight excluding hydrogens is 216 g/mol. The summed E-state index contributed by atoms with van der Waals surface area (Å²) in [5.74, 6) is 0. The molecule has 2 amide bonds. The molecule has 0 aliphatic rings. The van der Waals surface area contributed by atoms with Crippen LogP contribution in [0.25, 0.3) is 0 Å². The predicted octanol–water partition coefficient (Wildman–Crippen LogP) is 1.26. The third kappa shape index (κ3) is 4.22. The fraction of sp³-hybridized carbons (Fsp3) is 0.417. The molecule has 0 aliphatic heterocycles. The van der Waals surface area contributed by atoms with Crippen LogP contribution in [0.5, 0.6) is 0 Å². The van der Waals surface area contributed by atoms with Crippen molar-refractivity contribution < 1.29 is 4.79 Å². The highest BCUT2D eigenvalue weighted by atomic mass is 16.2. The first kappa shape index (κ1) is 13.2. The molecule has 94 valence electrons. The third-order valence-corrected chi connectivity index (χ3v) is 2.38. The van der Waals surface area contributed by atoms with Crippen LogP contribution in [0.1, 0.15) is 5.56 Å². The number of urea groups is 1. The van der Waals surface area contributed by atoms with Crippen LogP contribution in [0.4, 0.5) is 16.2 Å². The molecule has 0 radical (unpaired) electrons. The smallest absolute Gasteiger partial charge is 0.316 e. The molecule has 0 bridgehead atoms. The van der Waals surface area contributed by atoms with Crippen LogP contribution in [0.15, 0.2) is 18.2 Å². The van der Waals surface area contributed by atoms with Gasteiger partial charge >= 0.3 is 6.03 Å². The summed E-state index contributed by atoms with van der Waals surface area (Å²) in [5, 5.41) is 6.01. The lowest BCUT2D eigenvalue weighted by molar-refractivity contribution is 0.218. The number of rotatable bonds is 4. The number of hydrogen-bond acceptors (Lipinski definition) is 3. The number of amides is 2. The Labute approximate surface area is 102 Å². The summed E-state index contributed by atoms with van der Waals surface area (Å²) in [7, 11) is 3.43.